The molecule has 0 bridgehead atoms. The van der Waals surface area contributed by atoms with Gasteiger partial charge < -0.3 is 24.4 Å². The van der Waals surface area contributed by atoms with Gasteiger partial charge in [-0.3, -0.25) is 14.2 Å². The predicted octanol–water partition coefficient (Wildman–Crippen LogP) is 5.17. The van der Waals surface area contributed by atoms with Gasteiger partial charge in [0, 0.05) is 11.3 Å². The van der Waals surface area contributed by atoms with Crippen LogP contribution in [0.25, 0.3) is 10.4 Å². The van der Waals surface area contributed by atoms with Crippen LogP contribution in [0.5, 0.6) is 0 Å². The molecule has 0 aliphatic carbocycles. The number of benzene rings is 2. The van der Waals surface area contributed by atoms with E-state index in [0.717, 1.165) is 16.0 Å². The first-order valence-electron chi connectivity index (χ1n) is 12.7. The lowest BCUT2D eigenvalue weighted by Gasteiger charge is -2.17. The van der Waals surface area contributed by atoms with Crippen LogP contribution in [0.1, 0.15) is 43.1 Å². The first kappa shape index (κ1) is 30.2. The number of hydrogen-bond acceptors (Lipinski definition) is 8. The third kappa shape index (κ3) is 8.60. The van der Waals surface area contributed by atoms with Crippen LogP contribution in [-0.4, -0.2) is 44.1 Å². The van der Waals surface area contributed by atoms with Crippen LogP contribution >= 0.6 is 18.9 Å². The van der Waals surface area contributed by atoms with Crippen molar-refractivity contribution in [3.05, 3.63) is 71.8 Å². The second-order valence-electron chi connectivity index (χ2n) is 8.26. The molecule has 0 unspecified atom stereocenters. The first-order valence-corrected chi connectivity index (χ1v) is 15.1. The lowest BCUT2D eigenvalue weighted by molar-refractivity contribution is -0.124. The van der Waals surface area contributed by atoms with Crippen molar-refractivity contribution in [3.63, 3.8) is 0 Å². The van der Waals surface area contributed by atoms with Gasteiger partial charge in [0.2, 0.25) is 11.8 Å². The highest BCUT2D eigenvalue weighted by Gasteiger charge is 2.26. The molecule has 3 aromatic rings. The molecule has 0 radical (unpaired) electrons. The van der Waals surface area contributed by atoms with Crippen molar-refractivity contribution in [2.45, 2.75) is 33.6 Å². The van der Waals surface area contributed by atoms with Crippen molar-refractivity contribution < 1.29 is 32.7 Å². The largest absolute Gasteiger partial charge is 0.462 e. The number of amides is 2. The summed E-state index contributed by atoms with van der Waals surface area (Å²) >= 11 is 1.26. The Morgan fingerprint density at radius 3 is 2.15 bits per heavy atom. The van der Waals surface area contributed by atoms with E-state index in [0.29, 0.717) is 16.7 Å². The van der Waals surface area contributed by atoms with Gasteiger partial charge in [-0.2, -0.15) is 0 Å². The lowest BCUT2D eigenvalue weighted by atomic mass is 10.1. The number of hydrogen-bond donors (Lipinski definition) is 2. The average Bonchev–Trinajstić information content (AvgIpc) is 3.35. The molecule has 1 aromatic heterocycles. The van der Waals surface area contributed by atoms with Crippen LogP contribution in [0.3, 0.4) is 0 Å². The van der Waals surface area contributed by atoms with Crippen LogP contribution < -0.4 is 15.9 Å². The number of esters is 1. The number of ether oxygens (including phenoxy) is 1. The fourth-order valence-electron chi connectivity index (χ4n) is 3.66. The van der Waals surface area contributed by atoms with Gasteiger partial charge in [-0.1, -0.05) is 42.5 Å². The van der Waals surface area contributed by atoms with E-state index in [9.17, 15) is 18.9 Å². The van der Waals surface area contributed by atoms with E-state index in [-0.39, 0.29) is 44.3 Å². The number of thiophene rings is 1. The molecule has 0 atom stereocenters. The molecule has 11 heteroatoms. The Balaban J connectivity index is 1.55. The molecule has 0 aliphatic rings. The predicted molar refractivity (Wildman–Crippen MR) is 153 cm³/mol. The van der Waals surface area contributed by atoms with Crippen LogP contribution in [0.2, 0.25) is 0 Å². The Morgan fingerprint density at radius 2 is 1.54 bits per heavy atom. The average molecular weight is 573 g/mol. The zero-order valence-corrected chi connectivity index (χ0v) is 23.9. The van der Waals surface area contributed by atoms with Crippen molar-refractivity contribution >= 4 is 47.0 Å². The minimum Gasteiger partial charge on any atom is -0.462 e. The molecule has 9 nitrogen and oxygen atoms in total. The van der Waals surface area contributed by atoms with Crippen molar-refractivity contribution in [2.24, 2.45) is 0 Å². The van der Waals surface area contributed by atoms with Crippen LogP contribution in [0.15, 0.2) is 60.7 Å². The zero-order chi connectivity index (χ0) is 28.3. The van der Waals surface area contributed by atoms with Gasteiger partial charge in [-0.15, -0.1) is 11.3 Å². The third-order valence-electron chi connectivity index (χ3n) is 5.48. The van der Waals surface area contributed by atoms with E-state index in [4.69, 9.17) is 13.8 Å². The van der Waals surface area contributed by atoms with E-state index in [1.165, 1.54) is 11.3 Å². The Hall–Kier alpha value is -3.30. The second-order valence-corrected chi connectivity index (χ2v) is 11.3. The van der Waals surface area contributed by atoms with E-state index >= 15 is 0 Å². The Bertz CT molecular complexity index is 1300. The summed E-state index contributed by atoms with van der Waals surface area (Å²) in [5.41, 5.74) is 2.04. The van der Waals surface area contributed by atoms with Crippen LogP contribution in [-0.2, 0) is 34.4 Å². The number of anilines is 1. The van der Waals surface area contributed by atoms with Gasteiger partial charge in [0.05, 0.1) is 37.2 Å². The fourth-order valence-corrected chi connectivity index (χ4v) is 6.29. The molecular weight excluding hydrogens is 539 g/mol. The zero-order valence-electron chi connectivity index (χ0n) is 22.2. The Labute approximate surface area is 232 Å². The van der Waals surface area contributed by atoms with E-state index in [2.05, 4.69) is 10.6 Å². The highest BCUT2D eigenvalue weighted by atomic mass is 32.1. The monoisotopic (exact) mass is 572 g/mol. The van der Waals surface area contributed by atoms with Gasteiger partial charge >= 0.3 is 13.6 Å². The normalized spacial score (nSPS) is 11.2. The summed E-state index contributed by atoms with van der Waals surface area (Å²) in [6.07, 6.45) is 0.589. The molecule has 0 fully saturated rings. The first-order chi connectivity index (χ1) is 18.8. The fraction of sp³-hybridized carbons (Fsp3) is 0.321. The van der Waals surface area contributed by atoms with Crippen molar-refractivity contribution in [1.82, 2.24) is 5.32 Å². The summed E-state index contributed by atoms with van der Waals surface area (Å²) in [6.45, 7) is 5.70. The van der Waals surface area contributed by atoms with Gasteiger partial charge in [0.1, 0.15) is 5.00 Å². The molecule has 0 saturated carbocycles. The maximum Gasteiger partial charge on any atom is 0.361 e. The summed E-state index contributed by atoms with van der Waals surface area (Å²) < 4.78 is 28.7. The molecule has 2 aromatic carbocycles. The summed E-state index contributed by atoms with van der Waals surface area (Å²) in [6, 6.07) is 18.1. The maximum atomic E-state index is 12.9. The summed E-state index contributed by atoms with van der Waals surface area (Å²) in [7, 11) is -3.36. The minimum absolute atomic E-state index is 0.159. The van der Waals surface area contributed by atoms with Crippen LogP contribution in [0.4, 0.5) is 5.00 Å². The Morgan fingerprint density at radius 1 is 0.872 bits per heavy atom. The maximum absolute atomic E-state index is 12.9. The number of rotatable bonds is 14. The van der Waals surface area contributed by atoms with Crippen molar-refractivity contribution in [1.29, 1.82) is 0 Å². The number of aryl methyl sites for hydroxylation is 1. The second kappa shape index (κ2) is 14.7. The molecule has 39 heavy (non-hydrogen) atoms. The summed E-state index contributed by atoms with van der Waals surface area (Å²) in [5.74, 6) is -1.28. The topological polar surface area (TPSA) is 120 Å². The number of nitrogens with one attached hydrogen (secondary N) is 2. The Kier molecular flexibility index (Phi) is 11.4. The molecule has 1 heterocycles. The van der Waals surface area contributed by atoms with Crippen LogP contribution in [0, 0.1) is 0 Å². The SMILES string of the molecule is CCOC(=O)c1cc(-c2ccccc2)sc1NC(=O)CNC(=O)CCc1ccc(P(=O)(OCC)OCC)cc1. The molecule has 0 spiro atoms. The molecule has 2 amide bonds. The quantitative estimate of drug-likeness (QED) is 0.202. The lowest BCUT2D eigenvalue weighted by Crippen LogP contribution is -2.33. The van der Waals surface area contributed by atoms with Gasteiger partial charge in [0.15, 0.2) is 0 Å². The van der Waals surface area contributed by atoms with Gasteiger partial charge in [0.25, 0.3) is 0 Å². The van der Waals surface area contributed by atoms with Crippen molar-refractivity contribution in [2.75, 3.05) is 31.7 Å². The standard InChI is InChI=1S/C28H33N2O7PS/c1-4-35-28(33)23-18-24(21-10-8-7-9-11-21)39-27(23)30-26(32)19-29-25(31)17-14-20-12-15-22(16-13-20)38(34,36-5-2)37-6-3/h7-13,15-16,18H,4-6,14,17,19H2,1-3H3,(H,29,31)(H,30,32). The van der Waals surface area contributed by atoms with Gasteiger partial charge in [-0.25, -0.2) is 4.79 Å². The molecule has 0 saturated heterocycles. The third-order valence-corrected chi connectivity index (χ3v) is 8.70. The van der Waals surface area contributed by atoms with Gasteiger partial charge in [-0.05, 0) is 56.5 Å². The van der Waals surface area contributed by atoms with E-state index in [1.807, 2.05) is 30.3 Å². The number of carbonyl (C=O) groups excluding carboxylic acids is 3. The molecular formula is C28H33N2O7PS. The minimum atomic E-state index is -3.36. The smallest absolute Gasteiger partial charge is 0.361 e. The molecule has 208 valence electrons. The molecule has 2 N–H and O–H groups in total. The van der Waals surface area contributed by atoms with Crippen molar-refractivity contribution in [3.8, 4) is 10.4 Å². The highest BCUT2D eigenvalue weighted by Crippen LogP contribution is 2.46. The molecule has 0 aliphatic heterocycles. The highest BCUT2D eigenvalue weighted by molar-refractivity contribution is 7.62. The van der Waals surface area contributed by atoms with E-state index in [1.54, 1.807) is 51.1 Å². The molecule has 3 rings (SSSR count). The van der Waals surface area contributed by atoms with E-state index < -0.39 is 19.5 Å². The number of carbonyl (C=O) groups is 3. The summed E-state index contributed by atoms with van der Waals surface area (Å²) in [5, 5.41) is 6.16. The summed E-state index contributed by atoms with van der Waals surface area (Å²) in [4.78, 5) is 38.2.